The molecule has 4 rings (SSSR count). The number of benzene rings is 1. The molecule has 1 N–H and O–H groups in total. The second-order valence-electron chi connectivity index (χ2n) is 7.32. The molecule has 106 valence electrons. The molecule has 0 saturated heterocycles. The van der Waals surface area contributed by atoms with E-state index in [0.717, 1.165) is 19.3 Å². The van der Waals surface area contributed by atoms with Crippen LogP contribution in [0.25, 0.3) is 5.57 Å². The summed E-state index contributed by atoms with van der Waals surface area (Å²) in [5.41, 5.74) is 7.91. The Morgan fingerprint density at radius 3 is 2.85 bits per heavy atom. The Morgan fingerprint density at radius 1 is 1.15 bits per heavy atom. The van der Waals surface area contributed by atoms with Crippen LogP contribution in [0.4, 0.5) is 0 Å². The standard InChI is InChI=1S/C19H24O/c1-12-3-5-14-13(11-12)4-6-16-15(14)9-10-19(2)17(16)7-8-18(19)20/h3,5,11,17-18,20H,4,6-10H2,1-2H3/t17-,18-,19-/m0/s1. The molecular formula is C19H24O. The van der Waals surface area contributed by atoms with Crippen LogP contribution in [-0.4, -0.2) is 11.2 Å². The Morgan fingerprint density at radius 2 is 2.00 bits per heavy atom. The molecule has 0 aliphatic heterocycles. The van der Waals surface area contributed by atoms with E-state index in [1.807, 2.05) is 0 Å². The number of aliphatic hydroxyl groups is 1. The highest BCUT2D eigenvalue weighted by Gasteiger charge is 2.50. The highest BCUT2D eigenvalue weighted by Crippen LogP contribution is 2.57. The molecule has 3 atom stereocenters. The molecule has 0 unspecified atom stereocenters. The van der Waals surface area contributed by atoms with E-state index in [1.54, 1.807) is 16.7 Å². The third-order valence-corrected chi connectivity index (χ3v) is 6.26. The molecule has 0 heterocycles. The highest BCUT2D eigenvalue weighted by molar-refractivity contribution is 5.75. The van der Waals surface area contributed by atoms with Gasteiger partial charge in [0.25, 0.3) is 0 Å². The summed E-state index contributed by atoms with van der Waals surface area (Å²) in [6.07, 6.45) is 6.84. The maximum absolute atomic E-state index is 10.4. The van der Waals surface area contributed by atoms with Crippen LogP contribution in [0.15, 0.2) is 23.8 Å². The number of rotatable bonds is 0. The SMILES string of the molecule is Cc1ccc2c(c1)CCC1=C2CC[C@]2(C)[C@@H](O)CC[C@@H]12. The molecule has 3 aliphatic carbocycles. The van der Waals surface area contributed by atoms with Gasteiger partial charge in [-0.1, -0.05) is 36.3 Å². The molecule has 20 heavy (non-hydrogen) atoms. The van der Waals surface area contributed by atoms with Crippen molar-refractivity contribution in [3.63, 3.8) is 0 Å². The first-order valence-corrected chi connectivity index (χ1v) is 8.09. The number of fused-ring (bicyclic) bond motifs is 4. The first kappa shape index (κ1) is 12.6. The fourth-order valence-corrected chi connectivity index (χ4v) is 5.02. The fraction of sp³-hybridized carbons (Fsp3) is 0.579. The van der Waals surface area contributed by atoms with Crippen molar-refractivity contribution in [2.45, 2.75) is 58.5 Å². The average Bonchev–Trinajstić information content (AvgIpc) is 2.74. The van der Waals surface area contributed by atoms with Crippen LogP contribution in [0.3, 0.4) is 0 Å². The second kappa shape index (κ2) is 4.21. The summed E-state index contributed by atoms with van der Waals surface area (Å²) >= 11 is 0. The zero-order valence-corrected chi connectivity index (χ0v) is 12.6. The number of aryl methyl sites for hydroxylation is 2. The minimum absolute atomic E-state index is 0.0824. The molecule has 1 aromatic carbocycles. The predicted molar refractivity (Wildman–Crippen MR) is 82.5 cm³/mol. The van der Waals surface area contributed by atoms with Crippen LogP contribution >= 0.6 is 0 Å². The van der Waals surface area contributed by atoms with Crippen molar-refractivity contribution in [2.75, 3.05) is 0 Å². The lowest BCUT2D eigenvalue weighted by Crippen LogP contribution is -2.37. The summed E-state index contributed by atoms with van der Waals surface area (Å²) < 4.78 is 0. The Bertz CT molecular complexity index is 598. The van der Waals surface area contributed by atoms with E-state index in [4.69, 9.17) is 0 Å². The summed E-state index contributed by atoms with van der Waals surface area (Å²) in [5, 5.41) is 10.4. The van der Waals surface area contributed by atoms with Gasteiger partial charge in [-0.15, -0.1) is 0 Å². The maximum Gasteiger partial charge on any atom is 0.0599 e. The lowest BCUT2D eigenvalue weighted by Gasteiger charge is -2.43. The van der Waals surface area contributed by atoms with Crippen molar-refractivity contribution in [2.24, 2.45) is 11.3 Å². The van der Waals surface area contributed by atoms with Crippen molar-refractivity contribution in [3.8, 4) is 0 Å². The Kier molecular flexibility index (Phi) is 2.66. The average molecular weight is 268 g/mol. The highest BCUT2D eigenvalue weighted by atomic mass is 16.3. The number of aliphatic hydroxyl groups excluding tert-OH is 1. The third kappa shape index (κ3) is 1.59. The Labute approximate surface area is 121 Å². The Hall–Kier alpha value is -1.08. The van der Waals surface area contributed by atoms with Crippen LogP contribution in [0.2, 0.25) is 0 Å². The monoisotopic (exact) mass is 268 g/mol. The van der Waals surface area contributed by atoms with Gasteiger partial charge in [-0.05, 0) is 68.1 Å². The van der Waals surface area contributed by atoms with Crippen LogP contribution in [0.5, 0.6) is 0 Å². The van der Waals surface area contributed by atoms with Gasteiger partial charge in [0.1, 0.15) is 0 Å². The van der Waals surface area contributed by atoms with Gasteiger partial charge in [0.2, 0.25) is 0 Å². The lowest BCUT2D eigenvalue weighted by molar-refractivity contribution is 0.0379. The quantitative estimate of drug-likeness (QED) is 0.745. The van der Waals surface area contributed by atoms with Crippen molar-refractivity contribution in [3.05, 3.63) is 40.5 Å². The van der Waals surface area contributed by atoms with E-state index in [2.05, 4.69) is 32.0 Å². The van der Waals surface area contributed by atoms with Gasteiger partial charge in [-0.25, -0.2) is 0 Å². The molecule has 0 radical (unpaired) electrons. The van der Waals surface area contributed by atoms with Crippen molar-refractivity contribution < 1.29 is 5.11 Å². The van der Waals surface area contributed by atoms with Crippen molar-refractivity contribution in [1.29, 1.82) is 0 Å². The molecule has 1 heteroatoms. The molecular weight excluding hydrogens is 244 g/mol. The third-order valence-electron chi connectivity index (χ3n) is 6.26. The van der Waals surface area contributed by atoms with Gasteiger partial charge in [-0.3, -0.25) is 0 Å². The summed E-state index contributed by atoms with van der Waals surface area (Å²) in [7, 11) is 0. The van der Waals surface area contributed by atoms with Gasteiger partial charge in [-0.2, -0.15) is 0 Å². The van der Waals surface area contributed by atoms with Crippen molar-refractivity contribution in [1.82, 2.24) is 0 Å². The molecule has 1 fully saturated rings. The number of hydrogen-bond donors (Lipinski definition) is 1. The van der Waals surface area contributed by atoms with Gasteiger partial charge in [0.05, 0.1) is 6.10 Å². The largest absolute Gasteiger partial charge is 0.393 e. The smallest absolute Gasteiger partial charge is 0.0599 e. The van der Waals surface area contributed by atoms with Crippen molar-refractivity contribution >= 4 is 5.57 Å². The molecule has 0 aromatic heterocycles. The van der Waals surface area contributed by atoms with E-state index < -0.39 is 0 Å². The van der Waals surface area contributed by atoms with Gasteiger partial charge in [0.15, 0.2) is 0 Å². The lowest BCUT2D eigenvalue weighted by atomic mass is 9.62. The van der Waals surface area contributed by atoms with E-state index in [0.29, 0.717) is 5.92 Å². The predicted octanol–water partition coefficient (Wildman–Crippen LogP) is 4.27. The minimum Gasteiger partial charge on any atom is -0.393 e. The first-order chi connectivity index (χ1) is 9.59. The van der Waals surface area contributed by atoms with Gasteiger partial charge < -0.3 is 5.11 Å². The summed E-state index contributed by atoms with van der Waals surface area (Å²) in [6.45, 7) is 4.51. The van der Waals surface area contributed by atoms with E-state index >= 15 is 0 Å². The molecule has 3 aliphatic rings. The molecule has 0 spiro atoms. The fourth-order valence-electron chi connectivity index (χ4n) is 5.02. The summed E-state index contributed by atoms with van der Waals surface area (Å²) in [6, 6.07) is 6.97. The topological polar surface area (TPSA) is 20.2 Å². The minimum atomic E-state index is -0.0824. The zero-order chi connectivity index (χ0) is 13.9. The maximum atomic E-state index is 10.4. The summed E-state index contributed by atoms with van der Waals surface area (Å²) in [4.78, 5) is 0. The molecule has 1 nitrogen and oxygen atoms in total. The van der Waals surface area contributed by atoms with Crippen LogP contribution < -0.4 is 0 Å². The Balaban J connectivity index is 1.83. The molecule has 0 amide bonds. The first-order valence-electron chi connectivity index (χ1n) is 8.09. The number of allylic oxidation sites excluding steroid dienone is 2. The van der Waals surface area contributed by atoms with E-state index in [1.165, 1.54) is 30.4 Å². The molecule has 1 saturated carbocycles. The van der Waals surface area contributed by atoms with Gasteiger partial charge in [0, 0.05) is 5.41 Å². The van der Waals surface area contributed by atoms with E-state index in [-0.39, 0.29) is 11.5 Å². The normalized spacial score (nSPS) is 35.5. The second-order valence-corrected chi connectivity index (χ2v) is 7.32. The van der Waals surface area contributed by atoms with E-state index in [9.17, 15) is 5.11 Å². The van der Waals surface area contributed by atoms with Crippen LogP contribution in [-0.2, 0) is 6.42 Å². The molecule has 0 bridgehead atoms. The zero-order valence-electron chi connectivity index (χ0n) is 12.6. The van der Waals surface area contributed by atoms with Gasteiger partial charge >= 0.3 is 0 Å². The van der Waals surface area contributed by atoms with Crippen LogP contribution in [0.1, 0.15) is 55.7 Å². The summed E-state index contributed by atoms with van der Waals surface area (Å²) in [5.74, 6) is 0.635. The molecule has 1 aromatic rings. The number of hydrogen-bond acceptors (Lipinski definition) is 1. The van der Waals surface area contributed by atoms with Crippen LogP contribution in [0, 0.1) is 18.3 Å².